The number of ether oxygens (including phenoxy) is 2. The minimum absolute atomic E-state index is 0.176. The Morgan fingerprint density at radius 3 is 2.40 bits per heavy atom. The summed E-state index contributed by atoms with van der Waals surface area (Å²) in [5.41, 5.74) is 2.73. The number of imide groups is 1. The molecule has 0 aromatic heterocycles. The molecule has 0 fully saturated rings. The Kier molecular flexibility index (Phi) is 7.13. The summed E-state index contributed by atoms with van der Waals surface area (Å²) in [7, 11) is 1.53. The Labute approximate surface area is 181 Å². The van der Waals surface area contributed by atoms with Crippen molar-refractivity contribution in [3.63, 3.8) is 0 Å². The second-order valence-corrected chi connectivity index (χ2v) is 7.37. The molecule has 0 unspecified atom stereocenters. The second kappa shape index (κ2) is 9.78. The van der Waals surface area contributed by atoms with Gasteiger partial charge in [0.05, 0.1) is 25.3 Å². The molecule has 1 heterocycles. The normalized spacial score (nSPS) is 13.9. The van der Waals surface area contributed by atoms with Crippen molar-refractivity contribution in [1.29, 1.82) is 0 Å². The van der Waals surface area contributed by atoms with Gasteiger partial charge in [0.25, 0.3) is 11.8 Å². The maximum Gasteiger partial charge on any atom is 0.278 e. The fraction of sp³-hybridized carbons (Fsp3) is 0.304. The van der Waals surface area contributed by atoms with Gasteiger partial charge in [-0.15, -0.1) is 0 Å². The largest absolute Gasteiger partial charge is 0.494 e. The quantitative estimate of drug-likeness (QED) is 0.604. The molecule has 0 saturated heterocycles. The van der Waals surface area contributed by atoms with E-state index in [-0.39, 0.29) is 24.8 Å². The zero-order valence-corrected chi connectivity index (χ0v) is 18.1. The summed E-state index contributed by atoms with van der Waals surface area (Å²) in [5, 5.41) is 3.68. The molecular formula is C23H25ClN2O4. The lowest BCUT2D eigenvalue weighted by atomic mass is 10.0. The maximum atomic E-state index is 13.1. The van der Waals surface area contributed by atoms with Crippen molar-refractivity contribution in [3.05, 3.63) is 64.3 Å². The number of rotatable bonds is 9. The number of carbonyl (C=O) groups excluding carboxylic acids is 2. The van der Waals surface area contributed by atoms with Gasteiger partial charge in [0.1, 0.15) is 11.4 Å². The predicted octanol–water partition coefficient (Wildman–Crippen LogP) is 4.28. The van der Waals surface area contributed by atoms with E-state index >= 15 is 0 Å². The van der Waals surface area contributed by atoms with Crippen LogP contribution in [-0.4, -0.2) is 43.6 Å². The van der Waals surface area contributed by atoms with Gasteiger partial charge in [-0.2, -0.15) is 0 Å². The maximum absolute atomic E-state index is 13.1. The van der Waals surface area contributed by atoms with Crippen molar-refractivity contribution >= 4 is 34.7 Å². The number of aryl methyl sites for hydroxylation is 1. The zero-order valence-electron chi connectivity index (χ0n) is 17.3. The van der Waals surface area contributed by atoms with Gasteiger partial charge in [0, 0.05) is 17.8 Å². The molecule has 1 aliphatic rings. The van der Waals surface area contributed by atoms with Gasteiger partial charge in [-0.3, -0.25) is 14.5 Å². The van der Waals surface area contributed by atoms with E-state index in [1.807, 2.05) is 26.0 Å². The second-order valence-electron chi connectivity index (χ2n) is 6.97. The highest BCUT2D eigenvalue weighted by atomic mass is 35.5. The first-order chi connectivity index (χ1) is 14.5. The molecule has 2 aromatic rings. The summed E-state index contributed by atoms with van der Waals surface area (Å²) in [6.07, 6.45) is 0.904. The summed E-state index contributed by atoms with van der Waals surface area (Å²) in [6.45, 7) is 4.99. The van der Waals surface area contributed by atoms with Crippen LogP contribution in [0.15, 0.2) is 48.2 Å². The van der Waals surface area contributed by atoms with Crippen molar-refractivity contribution < 1.29 is 19.1 Å². The summed E-state index contributed by atoms with van der Waals surface area (Å²) in [4.78, 5) is 27.3. The molecular weight excluding hydrogens is 404 g/mol. The standard InChI is InChI=1S/C23H25ClN2O4/c1-4-12-30-18-9-6-16(7-10-18)20-21(23(28)26(22(20)27)11-13-29-3)25-17-8-5-15(2)19(24)14-17/h5-10,14,25H,4,11-13H2,1-3H3. The highest BCUT2D eigenvalue weighted by Gasteiger charge is 2.39. The first kappa shape index (κ1) is 21.9. The van der Waals surface area contributed by atoms with Crippen molar-refractivity contribution in [3.8, 4) is 5.75 Å². The number of anilines is 1. The van der Waals surface area contributed by atoms with Crippen LogP contribution < -0.4 is 10.1 Å². The van der Waals surface area contributed by atoms with E-state index in [1.54, 1.807) is 30.3 Å². The van der Waals surface area contributed by atoms with Crippen LogP contribution in [0.1, 0.15) is 24.5 Å². The Balaban J connectivity index is 1.98. The van der Waals surface area contributed by atoms with Gasteiger partial charge < -0.3 is 14.8 Å². The number of benzene rings is 2. The third kappa shape index (κ3) is 4.66. The third-order valence-corrected chi connectivity index (χ3v) is 5.15. The van der Waals surface area contributed by atoms with Crippen LogP contribution in [0.4, 0.5) is 5.69 Å². The Morgan fingerprint density at radius 2 is 1.77 bits per heavy atom. The average molecular weight is 429 g/mol. The minimum Gasteiger partial charge on any atom is -0.494 e. The SMILES string of the molecule is CCCOc1ccc(C2=C(Nc3ccc(C)c(Cl)c3)C(=O)N(CCOC)C2=O)cc1. The number of carbonyl (C=O) groups is 2. The molecule has 6 nitrogen and oxygen atoms in total. The number of methoxy groups -OCH3 is 1. The van der Waals surface area contributed by atoms with Gasteiger partial charge in [0.15, 0.2) is 0 Å². The molecule has 0 radical (unpaired) electrons. The molecule has 1 aliphatic heterocycles. The van der Waals surface area contributed by atoms with E-state index in [0.717, 1.165) is 12.0 Å². The van der Waals surface area contributed by atoms with E-state index in [9.17, 15) is 9.59 Å². The minimum atomic E-state index is -0.393. The Bertz CT molecular complexity index is 970. The molecule has 0 spiro atoms. The van der Waals surface area contributed by atoms with Crippen LogP contribution in [0, 0.1) is 6.92 Å². The first-order valence-corrected chi connectivity index (χ1v) is 10.2. The average Bonchev–Trinajstić information content (AvgIpc) is 2.97. The number of nitrogens with one attached hydrogen (secondary N) is 1. The van der Waals surface area contributed by atoms with Gasteiger partial charge in [-0.05, 0) is 48.7 Å². The Morgan fingerprint density at radius 1 is 1.03 bits per heavy atom. The molecule has 158 valence electrons. The zero-order chi connectivity index (χ0) is 21.7. The van der Waals surface area contributed by atoms with Crippen LogP contribution in [0.2, 0.25) is 5.02 Å². The van der Waals surface area contributed by atoms with Gasteiger partial charge in [0.2, 0.25) is 0 Å². The lowest BCUT2D eigenvalue weighted by Gasteiger charge is -2.14. The van der Waals surface area contributed by atoms with Crippen molar-refractivity contribution in [2.24, 2.45) is 0 Å². The van der Waals surface area contributed by atoms with Gasteiger partial charge in [-0.25, -0.2) is 0 Å². The van der Waals surface area contributed by atoms with Crippen molar-refractivity contribution in [2.45, 2.75) is 20.3 Å². The van der Waals surface area contributed by atoms with E-state index in [0.29, 0.717) is 34.2 Å². The fourth-order valence-electron chi connectivity index (χ4n) is 3.10. The van der Waals surface area contributed by atoms with Crippen molar-refractivity contribution in [2.75, 3.05) is 32.2 Å². The highest BCUT2D eigenvalue weighted by Crippen LogP contribution is 2.32. The number of amides is 2. The molecule has 0 saturated carbocycles. The molecule has 0 atom stereocenters. The number of hydrogen-bond donors (Lipinski definition) is 1. The number of halogens is 1. The van der Waals surface area contributed by atoms with E-state index in [4.69, 9.17) is 21.1 Å². The van der Waals surface area contributed by atoms with Gasteiger partial charge >= 0.3 is 0 Å². The fourth-order valence-corrected chi connectivity index (χ4v) is 3.28. The van der Waals surface area contributed by atoms with Crippen LogP contribution in [0.25, 0.3) is 5.57 Å². The van der Waals surface area contributed by atoms with E-state index in [1.165, 1.54) is 12.0 Å². The van der Waals surface area contributed by atoms with Crippen molar-refractivity contribution in [1.82, 2.24) is 4.90 Å². The third-order valence-electron chi connectivity index (χ3n) is 4.74. The predicted molar refractivity (Wildman–Crippen MR) is 118 cm³/mol. The molecule has 1 N–H and O–H groups in total. The monoisotopic (exact) mass is 428 g/mol. The lowest BCUT2D eigenvalue weighted by Crippen LogP contribution is -2.35. The van der Waals surface area contributed by atoms with Crippen LogP contribution in [0.3, 0.4) is 0 Å². The van der Waals surface area contributed by atoms with E-state index in [2.05, 4.69) is 5.32 Å². The summed E-state index contributed by atoms with van der Waals surface area (Å²) >= 11 is 6.23. The number of hydrogen-bond acceptors (Lipinski definition) is 5. The lowest BCUT2D eigenvalue weighted by molar-refractivity contribution is -0.137. The molecule has 7 heteroatoms. The van der Waals surface area contributed by atoms with Crippen LogP contribution in [-0.2, 0) is 14.3 Å². The molecule has 2 amide bonds. The molecule has 3 rings (SSSR count). The molecule has 0 aliphatic carbocycles. The first-order valence-electron chi connectivity index (χ1n) is 9.82. The summed E-state index contributed by atoms with van der Waals surface area (Å²) < 4.78 is 10.7. The van der Waals surface area contributed by atoms with Crippen LogP contribution >= 0.6 is 11.6 Å². The smallest absolute Gasteiger partial charge is 0.278 e. The van der Waals surface area contributed by atoms with E-state index < -0.39 is 5.91 Å². The molecule has 30 heavy (non-hydrogen) atoms. The summed E-state index contributed by atoms with van der Waals surface area (Å²) in [6, 6.07) is 12.6. The summed E-state index contributed by atoms with van der Waals surface area (Å²) in [5.74, 6) is -0.0379. The highest BCUT2D eigenvalue weighted by molar-refractivity contribution is 6.36. The van der Waals surface area contributed by atoms with Gasteiger partial charge in [-0.1, -0.05) is 36.7 Å². The number of nitrogens with zero attached hydrogens (tertiary/aromatic N) is 1. The molecule has 2 aromatic carbocycles. The Hall–Kier alpha value is -2.83. The topological polar surface area (TPSA) is 67.9 Å². The van der Waals surface area contributed by atoms with Crippen LogP contribution in [0.5, 0.6) is 5.75 Å². The molecule has 0 bridgehead atoms.